The van der Waals surface area contributed by atoms with E-state index in [4.69, 9.17) is 0 Å². The Morgan fingerprint density at radius 2 is 2.28 bits per heavy atom. The van der Waals surface area contributed by atoms with E-state index in [-0.39, 0.29) is 11.8 Å². The minimum absolute atomic E-state index is 0.0441. The van der Waals surface area contributed by atoms with E-state index in [0.717, 1.165) is 5.56 Å². The molecule has 6 heteroatoms. The number of hydrogen-bond acceptors (Lipinski definition) is 3. The van der Waals surface area contributed by atoms with Crippen LogP contribution in [0.3, 0.4) is 0 Å². The van der Waals surface area contributed by atoms with Crippen molar-refractivity contribution in [3.8, 4) is 0 Å². The Bertz CT molecular complexity index is 619. The fourth-order valence-electron chi connectivity index (χ4n) is 1.88. The Labute approximate surface area is 102 Å². The molecule has 0 saturated heterocycles. The van der Waals surface area contributed by atoms with E-state index in [2.05, 4.69) is 20.8 Å². The third-order valence-corrected chi connectivity index (χ3v) is 2.75. The van der Waals surface area contributed by atoms with Crippen molar-refractivity contribution in [1.82, 2.24) is 10.2 Å². The lowest BCUT2D eigenvalue weighted by Gasteiger charge is -2.04. The maximum atomic E-state index is 11.9. The Balaban J connectivity index is 1.83. The van der Waals surface area contributed by atoms with Gasteiger partial charge in [0.1, 0.15) is 0 Å². The molecule has 18 heavy (non-hydrogen) atoms. The number of fused-ring (bicyclic) bond motifs is 1. The van der Waals surface area contributed by atoms with Crippen LogP contribution >= 0.6 is 0 Å². The topological polar surface area (TPSA) is 86.9 Å². The fraction of sp³-hybridized carbons (Fsp3) is 0.0833. The molecule has 2 heterocycles. The van der Waals surface area contributed by atoms with Gasteiger partial charge in [0, 0.05) is 17.4 Å². The van der Waals surface area contributed by atoms with Crippen LogP contribution in [0.4, 0.5) is 11.4 Å². The van der Waals surface area contributed by atoms with E-state index in [1.165, 1.54) is 6.20 Å². The van der Waals surface area contributed by atoms with Crippen molar-refractivity contribution in [2.75, 3.05) is 10.6 Å². The molecular formula is C12H10N4O2. The van der Waals surface area contributed by atoms with Crippen molar-refractivity contribution in [2.45, 2.75) is 6.42 Å². The van der Waals surface area contributed by atoms with Crippen LogP contribution in [0.25, 0.3) is 0 Å². The van der Waals surface area contributed by atoms with Crippen LogP contribution in [-0.2, 0) is 11.2 Å². The molecule has 0 spiro atoms. The Morgan fingerprint density at radius 1 is 1.39 bits per heavy atom. The van der Waals surface area contributed by atoms with Gasteiger partial charge in [-0.05, 0) is 17.7 Å². The number of amides is 2. The molecule has 0 radical (unpaired) electrons. The molecule has 6 nitrogen and oxygen atoms in total. The van der Waals surface area contributed by atoms with Crippen LogP contribution in [0, 0.1) is 0 Å². The SMILES string of the molecule is O=C1Cc2ccc(C(=O)Nc3cn[nH]c3)cc2N1. The third-order valence-electron chi connectivity index (χ3n) is 2.75. The van der Waals surface area contributed by atoms with Gasteiger partial charge < -0.3 is 10.6 Å². The molecule has 1 aromatic carbocycles. The van der Waals surface area contributed by atoms with Gasteiger partial charge in [0.25, 0.3) is 5.91 Å². The number of anilines is 2. The van der Waals surface area contributed by atoms with E-state index >= 15 is 0 Å². The molecule has 0 bridgehead atoms. The second kappa shape index (κ2) is 3.99. The van der Waals surface area contributed by atoms with Crippen LogP contribution in [0.1, 0.15) is 15.9 Å². The standard InChI is InChI=1S/C12H10N4O2/c17-11-4-7-1-2-8(3-10(7)16-11)12(18)15-9-5-13-14-6-9/h1-3,5-6H,4H2,(H,13,14)(H,15,18)(H,16,17). The molecule has 1 aliphatic rings. The highest BCUT2D eigenvalue weighted by atomic mass is 16.2. The summed E-state index contributed by atoms with van der Waals surface area (Å²) in [4.78, 5) is 23.1. The van der Waals surface area contributed by atoms with Gasteiger partial charge in [0.2, 0.25) is 5.91 Å². The summed E-state index contributed by atoms with van der Waals surface area (Å²) in [6, 6.07) is 5.17. The first-order chi connectivity index (χ1) is 8.72. The van der Waals surface area contributed by atoms with Crippen molar-refractivity contribution in [3.05, 3.63) is 41.7 Å². The maximum absolute atomic E-state index is 11.9. The van der Waals surface area contributed by atoms with Crippen molar-refractivity contribution >= 4 is 23.2 Å². The van der Waals surface area contributed by atoms with Gasteiger partial charge in [0.05, 0.1) is 18.3 Å². The van der Waals surface area contributed by atoms with E-state index in [9.17, 15) is 9.59 Å². The largest absolute Gasteiger partial charge is 0.326 e. The molecule has 0 fully saturated rings. The summed E-state index contributed by atoms with van der Waals surface area (Å²) in [5.74, 6) is -0.280. The number of carbonyl (C=O) groups is 2. The van der Waals surface area contributed by atoms with Crippen LogP contribution in [-0.4, -0.2) is 22.0 Å². The van der Waals surface area contributed by atoms with Gasteiger partial charge >= 0.3 is 0 Å². The predicted octanol–water partition coefficient (Wildman–Crippen LogP) is 1.16. The molecule has 0 unspecified atom stereocenters. The number of aromatic amines is 1. The summed E-state index contributed by atoms with van der Waals surface area (Å²) in [7, 11) is 0. The number of aromatic nitrogens is 2. The van der Waals surface area contributed by atoms with Gasteiger partial charge in [0.15, 0.2) is 0 Å². The van der Waals surface area contributed by atoms with Crippen LogP contribution in [0.2, 0.25) is 0 Å². The van der Waals surface area contributed by atoms with Gasteiger partial charge in [-0.15, -0.1) is 0 Å². The molecule has 90 valence electrons. The molecule has 0 atom stereocenters. The highest BCUT2D eigenvalue weighted by Gasteiger charge is 2.19. The van der Waals surface area contributed by atoms with E-state index in [1.54, 1.807) is 24.4 Å². The summed E-state index contributed by atoms with van der Waals surface area (Å²) in [6.07, 6.45) is 3.49. The Hall–Kier alpha value is -2.63. The fourth-order valence-corrected chi connectivity index (χ4v) is 1.88. The summed E-state index contributed by atoms with van der Waals surface area (Å²) < 4.78 is 0. The average molecular weight is 242 g/mol. The zero-order valence-electron chi connectivity index (χ0n) is 9.36. The van der Waals surface area contributed by atoms with Gasteiger partial charge in [-0.1, -0.05) is 6.07 Å². The Kier molecular flexibility index (Phi) is 2.33. The summed E-state index contributed by atoms with van der Waals surface area (Å²) in [5.41, 5.74) is 2.72. The molecule has 2 amide bonds. The van der Waals surface area contributed by atoms with Crippen LogP contribution < -0.4 is 10.6 Å². The van der Waals surface area contributed by atoms with Gasteiger partial charge in [-0.2, -0.15) is 5.10 Å². The van der Waals surface area contributed by atoms with Crippen LogP contribution in [0.15, 0.2) is 30.6 Å². The molecule has 1 aromatic heterocycles. The second-order valence-corrected chi connectivity index (χ2v) is 4.04. The first kappa shape index (κ1) is 10.5. The first-order valence-electron chi connectivity index (χ1n) is 5.45. The van der Waals surface area contributed by atoms with E-state index in [0.29, 0.717) is 23.4 Å². The van der Waals surface area contributed by atoms with E-state index in [1.807, 2.05) is 0 Å². The predicted molar refractivity (Wildman–Crippen MR) is 65.3 cm³/mol. The van der Waals surface area contributed by atoms with Crippen molar-refractivity contribution in [1.29, 1.82) is 0 Å². The molecular weight excluding hydrogens is 232 g/mol. The number of benzene rings is 1. The molecule has 1 aliphatic heterocycles. The van der Waals surface area contributed by atoms with Crippen molar-refractivity contribution in [3.63, 3.8) is 0 Å². The molecule has 2 aromatic rings. The second-order valence-electron chi connectivity index (χ2n) is 4.04. The van der Waals surface area contributed by atoms with Gasteiger partial charge in [-0.25, -0.2) is 0 Å². The average Bonchev–Trinajstić information content (AvgIpc) is 2.95. The third kappa shape index (κ3) is 1.84. The lowest BCUT2D eigenvalue weighted by molar-refractivity contribution is -0.115. The Morgan fingerprint density at radius 3 is 3.06 bits per heavy atom. The smallest absolute Gasteiger partial charge is 0.255 e. The number of H-pyrrole nitrogens is 1. The number of rotatable bonds is 2. The normalized spacial score (nSPS) is 13.0. The maximum Gasteiger partial charge on any atom is 0.255 e. The summed E-state index contributed by atoms with van der Waals surface area (Å²) in [6.45, 7) is 0. The highest BCUT2D eigenvalue weighted by molar-refractivity contribution is 6.06. The zero-order valence-corrected chi connectivity index (χ0v) is 9.36. The zero-order chi connectivity index (χ0) is 12.5. The quantitative estimate of drug-likeness (QED) is 0.738. The minimum atomic E-state index is -0.236. The monoisotopic (exact) mass is 242 g/mol. The number of hydrogen-bond donors (Lipinski definition) is 3. The highest BCUT2D eigenvalue weighted by Crippen LogP contribution is 2.24. The van der Waals surface area contributed by atoms with Gasteiger partial charge in [-0.3, -0.25) is 14.7 Å². The molecule has 3 N–H and O–H groups in total. The van der Waals surface area contributed by atoms with Crippen LogP contribution in [0.5, 0.6) is 0 Å². The molecule has 0 aliphatic carbocycles. The van der Waals surface area contributed by atoms with Crippen molar-refractivity contribution < 1.29 is 9.59 Å². The van der Waals surface area contributed by atoms with Crippen molar-refractivity contribution in [2.24, 2.45) is 0 Å². The van der Waals surface area contributed by atoms with E-state index < -0.39 is 0 Å². The number of nitrogens with zero attached hydrogens (tertiary/aromatic N) is 1. The lowest BCUT2D eigenvalue weighted by Crippen LogP contribution is -2.11. The summed E-state index contributed by atoms with van der Waals surface area (Å²) in [5, 5.41) is 11.8. The number of nitrogens with one attached hydrogen (secondary N) is 3. The first-order valence-corrected chi connectivity index (χ1v) is 5.45. The summed E-state index contributed by atoms with van der Waals surface area (Å²) >= 11 is 0. The lowest BCUT2D eigenvalue weighted by atomic mass is 10.1. The molecule has 3 rings (SSSR count). The molecule has 0 saturated carbocycles. The minimum Gasteiger partial charge on any atom is -0.326 e. The number of carbonyl (C=O) groups excluding carboxylic acids is 2.